The largest absolute Gasteiger partial charge is 0.321 e. The molecule has 0 unspecified atom stereocenters. The topological polar surface area (TPSA) is 54.9 Å². The lowest BCUT2D eigenvalue weighted by Gasteiger charge is -2.05. The second-order valence-electron chi connectivity index (χ2n) is 5.42. The fraction of sp³-hybridized carbons (Fsp3) is 0.235. The fourth-order valence-electron chi connectivity index (χ4n) is 2.60. The van der Waals surface area contributed by atoms with Crippen molar-refractivity contribution in [3.8, 4) is 0 Å². The van der Waals surface area contributed by atoms with Crippen molar-refractivity contribution in [2.24, 2.45) is 0 Å². The quantitative estimate of drug-likeness (QED) is 0.772. The first kappa shape index (κ1) is 14.7. The Morgan fingerprint density at radius 3 is 2.64 bits per heavy atom. The highest BCUT2D eigenvalue weighted by Crippen LogP contribution is 2.31. The molecule has 0 bridgehead atoms. The van der Waals surface area contributed by atoms with E-state index in [1.807, 2.05) is 52.0 Å². The molecule has 22 heavy (non-hydrogen) atoms. The summed E-state index contributed by atoms with van der Waals surface area (Å²) in [7, 11) is 0. The Hall–Kier alpha value is -2.27. The van der Waals surface area contributed by atoms with Gasteiger partial charge >= 0.3 is 0 Å². The lowest BCUT2D eigenvalue weighted by atomic mass is 10.1. The van der Waals surface area contributed by atoms with Crippen LogP contribution in [0.5, 0.6) is 0 Å². The smallest absolute Gasteiger partial charge is 0.266 e. The van der Waals surface area contributed by atoms with Crippen LogP contribution in [0.2, 0.25) is 0 Å². The number of aryl methyl sites for hydroxylation is 4. The number of carbonyl (C=O) groups is 1. The van der Waals surface area contributed by atoms with Crippen LogP contribution in [0.1, 0.15) is 32.3 Å². The molecular formula is C17H17N3OS. The van der Waals surface area contributed by atoms with Crippen molar-refractivity contribution in [1.82, 2.24) is 9.97 Å². The highest BCUT2D eigenvalue weighted by Gasteiger charge is 2.18. The van der Waals surface area contributed by atoms with Crippen molar-refractivity contribution < 1.29 is 4.79 Å². The third kappa shape index (κ3) is 2.60. The Morgan fingerprint density at radius 1 is 1.14 bits per heavy atom. The molecule has 1 aromatic carbocycles. The number of fused-ring (bicyclic) bond motifs is 1. The zero-order valence-electron chi connectivity index (χ0n) is 13.0. The predicted octanol–water partition coefficient (Wildman–Crippen LogP) is 4.18. The highest BCUT2D eigenvalue weighted by atomic mass is 32.1. The van der Waals surface area contributed by atoms with Crippen LogP contribution in [0.15, 0.2) is 24.3 Å². The second-order valence-corrected chi connectivity index (χ2v) is 6.42. The van der Waals surface area contributed by atoms with E-state index < -0.39 is 0 Å². The molecule has 3 rings (SSSR count). The van der Waals surface area contributed by atoms with Crippen molar-refractivity contribution in [2.45, 2.75) is 27.7 Å². The summed E-state index contributed by atoms with van der Waals surface area (Å²) in [6.45, 7) is 7.78. The first-order chi connectivity index (χ1) is 10.5. The number of thiophene rings is 1. The third-order valence-electron chi connectivity index (χ3n) is 3.57. The van der Waals surface area contributed by atoms with E-state index >= 15 is 0 Å². The van der Waals surface area contributed by atoms with Gasteiger partial charge in [-0.05, 0) is 51.0 Å². The van der Waals surface area contributed by atoms with E-state index in [0.29, 0.717) is 4.88 Å². The van der Waals surface area contributed by atoms with Gasteiger partial charge in [-0.15, -0.1) is 11.3 Å². The molecule has 4 nitrogen and oxygen atoms in total. The Balaban J connectivity index is 2.01. The molecule has 1 amide bonds. The van der Waals surface area contributed by atoms with Crippen LogP contribution in [0, 0.1) is 27.7 Å². The normalized spacial score (nSPS) is 10.9. The van der Waals surface area contributed by atoms with Crippen molar-refractivity contribution in [3.05, 3.63) is 51.8 Å². The molecular weight excluding hydrogens is 294 g/mol. The second kappa shape index (κ2) is 5.50. The number of anilines is 1. The summed E-state index contributed by atoms with van der Waals surface area (Å²) in [5.74, 6) is 0.639. The first-order valence-corrected chi connectivity index (χ1v) is 7.89. The maximum atomic E-state index is 12.6. The van der Waals surface area contributed by atoms with Crippen LogP contribution >= 0.6 is 11.3 Å². The summed E-state index contributed by atoms with van der Waals surface area (Å²) in [5.41, 5.74) is 3.79. The minimum atomic E-state index is -0.0943. The molecule has 0 spiro atoms. The molecule has 112 valence electrons. The molecule has 3 aromatic rings. The monoisotopic (exact) mass is 311 g/mol. The van der Waals surface area contributed by atoms with Gasteiger partial charge in [0.25, 0.3) is 5.91 Å². The highest BCUT2D eigenvalue weighted by molar-refractivity contribution is 7.20. The van der Waals surface area contributed by atoms with Crippen molar-refractivity contribution >= 4 is 33.1 Å². The molecule has 0 aliphatic carbocycles. The Bertz CT molecular complexity index is 883. The van der Waals surface area contributed by atoms with Gasteiger partial charge in [0.1, 0.15) is 10.7 Å². The molecule has 0 aliphatic rings. The number of aromatic nitrogens is 2. The molecule has 0 aliphatic heterocycles. The fourth-order valence-corrected chi connectivity index (χ4v) is 3.77. The summed E-state index contributed by atoms with van der Waals surface area (Å²) in [6.07, 6.45) is 0. The molecule has 0 atom stereocenters. The maximum absolute atomic E-state index is 12.6. The summed E-state index contributed by atoms with van der Waals surface area (Å²) in [6, 6.07) is 7.78. The van der Waals surface area contributed by atoms with Crippen LogP contribution in [-0.2, 0) is 0 Å². The number of carbonyl (C=O) groups excluding carboxylic acids is 1. The van der Waals surface area contributed by atoms with Gasteiger partial charge in [-0.1, -0.05) is 12.1 Å². The standard InChI is InChI=1S/C17H17N3OS/c1-9-6-5-7-13(8-9)20-16(21)15-10(2)14-11(3)18-12(4)19-17(14)22-15/h5-8H,1-4H3,(H,20,21). The van der Waals surface area contributed by atoms with E-state index in [1.165, 1.54) is 11.3 Å². The van der Waals surface area contributed by atoms with E-state index in [-0.39, 0.29) is 5.91 Å². The third-order valence-corrected chi connectivity index (χ3v) is 4.75. The van der Waals surface area contributed by atoms with Gasteiger partial charge in [0.15, 0.2) is 0 Å². The number of benzene rings is 1. The number of hydrogen-bond donors (Lipinski definition) is 1. The van der Waals surface area contributed by atoms with Crippen LogP contribution in [0.4, 0.5) is 5.69 Å². The van der Waals surface area contributed by atoms with Crippen LogP contribution in [-0.4, -0.2) is 15.9 Å². The zero-order chi connectivity index (χ0) is 15.9. The van der Waals surface area contributed by atoms with Crippen molar-refractivity contribution in [2.75, 3.05) is 5.32 Å². The van der Waals surface area contributed by atoms with Crippen LogP contribution < -0.4 is 5.32 Å². The SMILES string of the molecule is Cc1cccc(NC(=O)c2sc3nc(C)nc(C)c3c2C)c1. The molecule has 0 saturated heterocycles. The molecule has 0 fully saturated rings. The van der Waals surface area contributed by atoms with Gasteiger partial charge in [-0.3, -0.25) is 4.79 Å². The van der Waals surface area contributed by atoms with Gasteiger partial charge in [-0.2, -0.15) is 0 Å². The molecule has 2 heterocycles. The lowest BCUT2D eigenvalue weighted by Crippen LogP contribution is -2.11. The Kier molecular flexibility index (Phi) is 3.66. The maximum Gasteiger partial charge on any atom is 0.266 e. The van der Waals surface area contributed by atoms with Crippen molar-refractivity contribution in [3.63, 3.8) is 0 Å². The predicted molar refractivity (Wildman–Crippen MR) is 90.8 cm³/mol. The summed E-state index contributed by atoms with van der Waals surface area (Å²) in [4.78, 5) is 23.0. The van der Waals surface area contributed by atoms with Gasteiger partial charge in [0, 0.05) is 16.8 Å². The summed E-state index contributed by atoms with van der Waals surface area (Å²) in [5, 5.41) is 3.95. The van der Waals surface area contributed by atoms with Gasteiger partial charge < -0.3 is 5.32 Å². The number of nitrogens with zero attached hydrogens (tertiary/aromatic N) is 2. The van der Waals surface area contributed by atoms with Gasteiger partial charge in [-0.25, -0.2) is 9.97 Å². The number of rotatable bonds is 2. The minimum Gasteiger partial charge on any atom is -0.321 e. The van der Waals surface area contributed by atoms with E-state index in [4.69, 9.17) is 0 Å². The minimum absolute atomic E-state index is 0.0943. The molecule has 5 heteroatoms. The summed E-state index contributed by atoms with van der Waals surface area (Å²) >= 11 is 1.42. The Labute approximate surface area is 133 Å². The van der Waals surface area contributed by atoms with E-state index in [1.54, 1.807) is 0 Å². The van der Waals surface area contributed by atoms with Crippen LogP contribution in [0.3, 0.4) is 0 Å². The molecule has 1 N–H and O–H groups in total. The molecule has 0 saturated carbocycles. The van der Waals surface area contributed by atoms with E-state index in [9.17, 15) is 4.79 Å². The number of hydrogen-bond acceptors (Lipinski definition) is 4. The average Bonchev–Trinajstić information content (AvgIpc) is 2.76. The number of amides is 1. The van der Waals surface area contributed by atoms with Crippen LogP contribution in [0.25, 0.3) is 10.2 Å². The van der Waals surface area contributed by atoms with E-state index in [2.05, 4.69) is 15.3 Å². The average molecular weight is 311 g/mol. The zero-order valence-corrected chi connectivity index (χ0v) is 13.8. The Morgan fingerprint density at radius 2 is 1.91 bits per heavy atom. The first-order valence-electron chi connectivity index (χ1n) is 7.08. The number of nitrogens with one attached hydrogen (secondary N) is 1. The van der Waals surface area contributed by atoms with E-state index in [0.717, 1.165) is 38.5 Å². The molecule has 0 radical (unpaired) electrons. The van der Waals surface area contributed by atoms with Gasteiger partial charge in [0.2, 0.25) is 0 Å². The lowest BCUT2D eigenvalue weighted by molar-refractivity contribution is 0.103. The molecule has 2 aromatic heterocycles. The summed E-state index contributed by atoms with van der Waals surface area (Å²) < 4.78 is 0. The van der Waals surface area contributed by atoms with Crippen molar-refractivity contribution in [1.29, 1.82) is 0 Å². The van der Waals surface area contributed by atoms with Gasteiger partial charge in [0.05, 0.1) is 4.88 Å².